The van der Waals surface area contributed by atoms with Gasteiger partial charge in [-0.05, 0) is 60.1 Å². The van der Waals surface area contributed by atoms with Crippen LogP contribution in [0.4, 0.5) is 5.69 Å². The number of oxazole rings is 1. The molecule has 2 aromatic heterocycles. The maximum Gasteiger partial charge on any atom is 0.420 e. The van der Waals surface area contributed by atoms with Gasteiger partial charge >= 0.3 is 5.76 Å². The number of halogens is 1. The topological polar surface area (TPSA) is 113 Å². The minimum absolute atomic E-state index is 0.0817. The molecule has 0 unspecified atom stereocenters. The summed E-state index contributed by atoms with van der Waals surface area (Å²) in [6, 6.07) is 4.88. The summed E-state index contributed by atoms with van der Waals surface area (Å²) in [4.78, 5) is 39.0. The number of fused-ring (bicyclic) bond motifs is 1. The first-order valence-corrected chi connectivity index (χ1v) is 10.0. The van der Waals surface area contributed by atoms with Crippen molar-refractivity contribution >= 4 is 51.2 Å². The predicted octanol–water partition coefficient (Wildman–Crippen LogP) is 2.19. The zero-order chi connectivity index (χ0) is 19.7. The minimum Gasteiger partial charge on any atom is -0.408 e. The Bertz CT molecular complexity index is 1090. The zero-order valence-electron chi connectivity index (χ0n) is 14.9. The number of aromatic amines is 1. The smallest absolute Gasteiger partial charge is 0.408 e. The van der Waals surface area contributed by atoms with Gasteiger partial charge in [0.15, 0.2) is 5.58 Å². The number of piperidine rings is 1. The van der Waals surface area contributed by atoms with Crippen LogP contribution in [0.2, 0.25) is 0 Å². The van der Waals surface area contributed by atoms with Gasteiger partial charge in [0.05, 0.1) is 15.3 Å². The molecule has 1 fully saturated rings. The van der Waals surface area contributed by atoms with Crippen LogP contribution in [0, 0.1) is 3.57 Å². The molecule has 28 heavy (non-hydrogen) atoms. The first kappa shape index (κ1) is 18.7. The van der Waals surface area contributed by atoms with Crippen LogP contribution < -0.4 is 11.1 Å². The lowest BCUT2D eigenvalue weighted by Crippen LogP contribution is -2.39. The molecule has 146 valence electrons. The summed E-state index contributed by atoms with van der Waals surface area (Å²) in [6.45, 7) is 1.35. The van der Waals surface area contributed by atoms with E-state index in [4.69, 9.17) is 4.42 Å². The molecule has 2 amide bonds. The highest BCUT2D eigenvalue weighted by Crippen LogP contribution is 2.20. The lowest BCUT2D eigenvalue weighted by Gasteiger charge is -2.26. The average molecular weight is 495 g/mol. The molecule has 1 aliphatic heterocycles. The third-order valence-corrected chi connectivity index (χ3v) is 5.57. The number of amides is 2. The Hall–Kier alpha value is -2.63. The molecule has 10 heteroatoms. The molecule has 0 radical (unpaired) electrons. The summed E-state index contributed by atoms with van der Waals surface area (Å²) in [7, 11) is 0. The number of aromatic nitrogens is 3. The third-order valence-electron chi connectivity index (χ3n) is 4.75. The molecule has 3 aromatic rings. The number of hydrogen-bond acceptors (Lipinski definition) is 5. The predicted molar refractivity (Wildman–Crippen MR) is 110 cm³/mol. The van der Waals surface area contributed by atoms with Crippen molar-refractivity contribution in [1.29, 1.82) is 0 Å². The Kier molecular flexibility index (Phi) is 5.20. The molecular formula is C18H18IN5O4. The van der Waals surface area contributed by atoms with E-state index in [9.17, 15) is 14.4 Å². The first-order chi connectivity index (χ1) is 13.5. The van der Waals surface area contributed by atoms with E-state index in [0.717, 1.165) is 19.3 Å². The summed E-state index contributed by atoms with van der Waals surface area (Å²) in [6.07, 6.45) is 4.64. The van der Waals surface area contributed by atoms with Gasteiger partial charge in [-0.25, -0.2) is 4.79 Å². The van der Waals surface area contributed by atoms with E-state index in [1.54, 1.807) is 29.3 Å². The highest BCUT2D eigenvalue weighted by atomic mass is 127. The van der Waals surface area contributed by atoms with Crippen LogP contribution in [-0.4, -0.2) is 44.6 Å². The van der Waals surface area contributed by atoms with E-state index in [1.807, 2.05) is 22.6 Å². The Balaban J connectivity index is 1.59. The number of carbonyl (C=O) groups excluding carboxylic acids is 2. The molecule has 1 aliphatic rings. The molecule has 2 N–H and O–H groups in total. The van der Waals surface area contributed by atoms with Gasteiger partial charge in [-0.2, -0.15) is 5.10 Å². The Morgan fingerprint density at radius 3 is 2.75 bits per heavy atom. The van der Waals surface area contributed by atoms with Crippen LogP contribution in [0.25, 0.3) is 11.1 Å². The van der Waals surface area contributed by atoms with Gasteiger partial charge in [-0.3, -0.25) is 19.3 Å². The van der Waals surface area contributed by atoms with E-state index in [0.29, 0.717) is 39.1 Å². The minimum atomic E-state index is -0.591. The van der Waals surface area contributed by atoms with Crippen molar-refractivity contribution in [1.82, 2.24) is 19.7 Å². The second kappa shape index (κ2) is 7.78. The molecule has 1 aromatic carbocycles. The summed E-state index contributed by atoms with van der Waals surface area (Å²) in [5.41, 5.74) is 1.67. The molecule has 4 rings (SSSR count). The molecule has 0 bridgehead atoms. The number of anilines is 1. The van der Waals surface area contributed by atoms with Crippen LogP contribution >= 0.6 is 22.6 Å². The zero-order valence-corrected chi connectivity index (χ0v) is 17.1. The number of likely N-dealkylation sites (tertiary alicyclic amines) is 1. The van der Waals surface area contributed by atoms with Crippen molar-refractivity contribution in [2.75, 3.05) is 18.4 Å². The van der Waals surface area contributed by atoms with Crippen molar-refractivity contribution in [3.8, 4) is 0 Å². The fraction of sp³-hybridized carbons (Fsp3) is 0.333. The second-order valence-corrected chi connectivity index (χ2v) is 7.79. The quantitative estimate of drug-likeness (QED) is 0.539. The van der Waals surface area contributed by atoms with E-state index in [1.165, 1.54) is 4.57 Å². The number of nitrogens with one attached hydrogen (secondary N) is 2. The van der Waals surface area contributed by atoms with E-state index in [-0.39, 0.29) is 18.4 Å². The Labute approximate surface area is 173 Å². The summed E-state index contributed by atoms with van der Waals surface area (Å²) < 4.78 is 7.25. The Morgan fingerprint density at radius 1 is 1.25 bits per heavy atom. The van der Waals surface area contributed by atoms with Gasteiger partial charge < -0.3 is 14.6 Å². The van der Waals surface area contributed by atoms with Gasteiger partial charge in [0.25, 0.3) is 5.91 Å². The van der Waals surface area contributed by atoms with Gasteiger partial charge in [-0.15, -0.1) is 0 Å². The van der Waals surface area contributed by atoms with E-state index < -0.39 is 5.76 Å². The lowest BCUT2D eigenvalue weighted by atomic mass is 10.1. The molecule has 0 saturated carbocycles. The fourth-order valence-corrected chi connectivity index (χ4v) is 3.80. The van der Waals surface area contributed by atoms with Crippen LogP contribution in [0.15, 0.2) is 33.6 Å². The van der Waals surface area contributed by atoms with Crippen molar-refractivity contribution in [2.45, 2.75) is 25.8 Å². The number of rotatable bonds is 4. The highest BCUT2D eigenvalue weighted by molar-refractivity contribution is 14.1. The van der Waals surface area contributed by atoms with Gasteiger partial charge in [-0.1, -0.05) is 0 Å². The lowest BCUT2D eigenvalue weighted by molar-refractivity contribution is -0.132. The van der Waals surface area contributed by atoms with Gasteiger partial charge in [0.2, 0.25) is 5.91 Å². The maximum atomic E-state index is 12.6. The SMILES string of the molecule is O=C(Nc1ccc2oc(=O)n(CC(=O)N3CCCCC3)c2c1)c1[nH]ncc1I. The van der Waals surface area contributed by atoms with Crippen LogP contribution in [0.5, 0.6) is 0 Å². The summed E-state index contributed by atoms with van der Waals surface area (Å²) in [5.74, 6) is -1.04. The number of nitrogens with zero attached hydrogens (tertiary/aromatic N) is 3. The molecule has 0 aliphatic carbocycles. The third kappa shape index (κ3) is 3.68. The molecule has 9 nitrogen and oxygen atoms in total. The van der Waals surface area contributed by atoms with Crippen LogP contribution in [0.1, 0.15) is 29.8 Å². The van der Waals surface area contributed by atoms with Crippen LogP contribution in [0.3, 0.4) is 0 Å². The van der Waals surface area contributed by atoms with E-state index >= 15 is 0 Å². The largest absolute Gasteiger partial charge is 0.420 e. The van der Waals surface area contributed by atoms with Gasteiger partial charge in [0.1, 0.15) is 12.2 Å². The maximum absolute atomic E-state index is 12.6. The van der Waals surface area contributed by atoms with Gasteiger partial charge in [0, 0.05) is 18.8 Å². The fourth-order valence-electron chi connectivity index (χ4n) is 3.29. The second-order valence-electron chi connectivity index (χ2n) is 6.63. The van der Waals surface area contributed by atoms with Crippen LogP contribution in [-0.2, 0) is 11.3 Å². The van der Waals surface area contributed by atoms with Crippen molar-refractivity contribution in [3.05, 3.63) is 44.2 Å². The molecular weight excluding hydrogens is 477 g/mol. The molecule has 0 spiro atoms. The van der Waals surface area contributed by atoms with E-state index in [2.05, 4.69) is 15.5 Å². The average Bonchev–Trinajstić information content (AvgIpc) is 3.26. The molecule has 3 heterocycles. The number of benzene rings is 1. The van der Waals surface area contributed by atoms with Crippen molar-refractivity contribution < 1.29 is 14.0 Å². The number of H-pyrrole nitrogens is 1. The number of carbonyl (C=O) groups is 2. The van der Waals surface area contributed by atoms with Crippen molar-refractivity contribution in [3.63, 3.8) is 0 Å². The van der Waals surface area contributed by atoms with Crippen molar-refractivity contribution in [2.24, 2.45) is 0 Å². The summed E-state index contributed by atoms with van der Waals surface area (Å²) >= 11 is 2.01. The first-order valence-electron chi connectivity index (χ1n) is 8.94. The normalized spacial score (nSPS) is 14.4. The molecule has 1 saturated heterocycles. The standard InChI is InChI=1S/C18H18IN5O4/c19-12-9-20-22-16(12)17(26)21-11-4-5-14-13(8-11)24(18(27)28-14)10-15(25)23-6-2-1-3-7-23/h4-5,8-9H,1-3,6-7,10H2,(H,20,22)(H,21,26). The highest BCUT2D eigenvalue weighted by Gasteiger charge is 2.20. The Morgan fingerprint density at radius 2 is 2.04 bits per heavy atom. The molecule has 0 atom stereocenters. The monoisotopic (exact) mass is 495 g/mol. The summed E-state index contributed by atoms with van der Waals surface area (Å²) in [5, 5.41) is 9.24. The number of hydrogen-bond donors (Lipinski definition) is 2.